The molecule has 1 heterocycles. The molecule has 0 aliphatic carbocycles. The van der Waals surface area contributed by atoms with Crippen LogP contribution in [0.5, 0.6) is 0 Å². The first kappa shape index (κ1) is 12.3. The fourth-order valence-electron chi connectivity index (χ4n) is 1.82. The molecule has 88 valence electrons. The maximum atomic E-state index is 11.9. The molecule has 0 spiro atoms. The molecule has 4 nitrogen and oxygen atoms in total. The molecule has 15 heavy (non-hydrogen) atoms. The lowest BCUT2D eigenvalue weighted by Crippen LogP contribution is -2.45. The van der Waals surface area contributed by atoms with E-state index in [9.17, 15) is 4.79 Å². The average molecular weight is 214 g/mol. The fourth-order valence-corrected chi connectivity index (χ4v) is 1.82. The maximum Gasteiger partial charge on any atom is 0.411 e. The number of amides is 1. The lowest BCUT2D eigenvalue weighted by molar-refractivity contribution is 0.00855. The van der Waals surface area contributed by atoms with Crippen molar-refractivity contribution >= 4 is 6.09 Å². The lowest BCUT2D eigenvalue weighted by atomic mass is 10.2. The highest BCUT2D eigenvalue weighted by molar-refractivity contribution is 5.68. The summed E-state index contributed by atoms with van der Waals surface area (Å²) in [5, 5.41) is 0. The zero-order chi connectivity index (χ0) is 11.6. The SMILES string of the molecule is CN(C)C1CCCN1C(=O)OC(C)(C)C. The Morgan fingerprint density at radius 3 is 2.47 bits per heavy atom. The van der Waals surface area contributed by atoms with Crippen LogP contribution in [0.1, 0.15) is 33.6 Å². The van der Waals surface area contributed by atoms with Gasteiger partial charge >= 0.3 is 6.09 Å². The molecule has 0 saturated carbocycles. The van der Waals surface area contributed by atoms with Crippen molar-refractivity contribution in [2.75, 3.05) is 20.6 Å². The van der Waals surface area contributed by atoms with Crippen LogP contribution in [-0.2, 0) is 4.74 Å². The van der Waals surface area contributed by atoms with E-state index in [2.05, 4.69) is 4.90 Å². The van der Waals surface area contributed by atoms with Gasteiger partial charge in [-0.15, -0.1) is 0 Å². The Morgan fingerprint density at radius 1 is 1.40 bits per heavy atom. The Kier molecular flexibility index (Phi) is 3.60. The van der Waals surface area contributed by atoms with E-state index >= 15 is 0 Å². The van der Waals surface area contributed by atoms with Gasteiger partial charge in [0.2, 0.25) is 0 Å². The van der Waals surface area contributed by atoms with Crippen molar-refractivity contribution in [3.63, 3.8) is 0 Å². The van der Waals surface area contributed by atoms with Gasteiger partial charge < -0.3 is 4.74 Å². The molecule has 0 N–H and O–H groups in total. The highest BCUT2D eigenvalue weighted by Crippen LogP contribution is 2.21. The fraction of sp³-hybridized carbons (Fsp3) is 0.909. The minimum Gasteiger partial charge on any atom is -0.444 e. The largest absolute Gasteiger partial charge is 0.444 e. The predicted octanol–water partition coefficient (Wildman–Crippen LogP) is 1.91. The first-order chi connectivity index (χ1) is 6.81. The van der Waals surface area contributed by atoms with E-state index in [-0.39, 0.29) is 12.3 Å². The van der Waals surface area contributed by atoms with Crippen molar-refractivity contribution in [3.05, 3.63) is 0 Å². The van der Waals surface area contributed by atoms with E-state index in [1.54, 1.807) is 0 Å². The molecule has 1 atom stereocenters. The Labute approximate surface area is 92.2 Å². The standard InChI is InChI=1S/C11H22N2O2/c1-11(2,3)15-10(14)13-8-6-7-9(13)12(4)5/h9H,6-8H2,1-5H3. The lowest BCUT2D eigenvalue weighted by Gasteiger charge is -2.31. The van der Waals surface area contributed by atoms with E-state index in [1.165, 1.54) is 0 Å². The first-order valence-corrected chi connectivity index (χ1v) is 5.47. The van der Waals surface area contributed by atoms with Crippen LogP contribution in [0.4, 0.5) is 4.79 Å². The predicted molar refractivity (Wildman–Crippen MR) is 59.6 cm³/mol. The van der Waals surface area contributed by atoms with Gasteiger partial charge in [0.1, 0.15) is 5.60 Å². The first-order valence-electron chi connectivity index (χ1n) is 5.47. The molecule has 0 bridgehead atoms. The smallest absolute Gasteiger partial charge is 0.411 e. The van der Waals surface area contributed by atoms with E-state index in [0.717, 1.165) is 19.4 Å². The van der Waals surface area contributed by atoms with E-state index in [0.29, 0.717) is 0 Å². The van der Waals surface area contributed by atoms with Gasteiger partial charge in [0, 0.05) is 6.54 Å². The average Bonchev–Trinajstić information content (AvgIpc) is 2.47. The molecule has 4 heteroatoms. The summed E-state index contributed by atoms with van der Waals surface area (Å²) in [6.07, 6.45) is 2.09. The van der Waals surface area contributed by atoms with Crippen molar-refractivity contribution in [3.8, 4) is 0 Å². The number of hydrogen-bond donors (Lipinski definition) is 0. The second-order valence-electron chi connectivity index (χ2n) is 5.26. The van der Waals surface area contributed by atoms with Gasteiger partial charge in [-0.3, -0.25) is 9.80 Å². The van der Waals surface area contributed by atoms with Gasteiger partial charge in [0.05, 0.1) is 6.17 Å². The molecule has 1 saturated heterocycles. The summed E-state index contributed by atoms with van der Waals surface area (Å²) in [5.74, 6) is 0. The summed E-state index contributed by atoms with van der Waals surface area (Å²) in [4.78, 5) is 15.7. The normalized spacial score (nSPS) is 22.3. The maximum absolute atomic E-state index is 11.9. The van der Waals surface area contributed by atoms with Crippen LogP contribution in [0, 0.1) is 0 Å². The van der Waals surface area contributed by atoms with Crippen LogP contribution in [-0.4, -0.2) is 48.3 Å². The highest BCUT2D eigenvalue weighted by Gasteiger charge is 2.33. The van der Waals surface area contributed by atoms with Gasteiger partial charge in [-0.1, -0.05) is 0 Å². The number of carbonyl (C=O) groups excluding carboxylic acids is 1. The van der Waals surface area contributed by atoms with E-state index in [1.807, 2.05) is 39.8 Å². The molecule has 1 unspecified atom stereocenters. The van der Waals surface area contributed by atoms with Crippen LogP contribution in [0.2, 0.25) is 0 Å². The zero-order valence-electron chi connectivity index (χ0n) is 10.4. The summed E-state index contributed by atoms with van der Waals surface area (Å²) < 4.78 is 5.36. The molecule has 1 aliphatic heterocycles. The zero-order valence-corrected chi connectivity index (χ0v) is 10.4. The van der Waals surface area contributed by atoms with Crippen LogP contribution in [0.15, 0.2) is 0 Å². The number of rotatable bonds is 1. The third-order valence-electron chi connectivity index (χ3n) is 2.45. The summed E-state index contributed by atoms with van der Waals surface area (Å²) in [6.45, 7) is 6.49. The Hall–Kier alpha value is -0.770. The van der Waals surface area contributed by atoms with Crippen molar-refractivity contribution < 1.29 is 9.53 Å². The second-order valence-corrected chi connectivity index (χ2v) is 5.26. The number of likely N-dealkylation sites (tertiary alicyclic amines) is 1. The van der Waals surface area contributed by atoms with Gasteiger partial charge in [-0.2, -0.15) is 0 Å². The van der Waals surface area contributed by atoms with Crippen LogP contribution < -0.4 is 0 Å². The van der Waals surface area contributed by atoms with E-state index in [4.69, 9.17) is 4.74 Å². The number of nitrogens with zero attached hydrogens (tertiary/aromatic N) is 2. The van der Waals surface area contributed by atoms with Gasteiger partial charge in [0.25, 0.3) is 0 Å². The Morgan fingerprint density at radius 2 is 2.00 bits per heavy atom. The Balaban J connectivity index is 2.59. The van der Waals surface area contributed by atoms with Crippen molar-refractivity contribution in [2.24, 2.45) is 0 Å². The third-order valence-corrected chi connectivity index (χ3v) is 2.45. The summed E-state index contributed by atoms with van der Waals surface area (Å²) in [6, 6.07) is 0. The topological polar surface area (TPSA) is 32.8 Å². The number of ether oxygens (including phenoxy) is 1. The van der Waals surface area contributed by atoms with Crippen LogP contribution in [0.25, 0.3) is 0 Å². The molecule has 0 aromatic heterocycles. The summed E-state index contributed by atoms with van der Waals surface area (Å²) in [7, 11) is 3.99. The summed E-state index contributed by atoms with van der Waals surface area (Å²) in [5.41, 5.74) is -0.406. The van der Waals surface area contributed by atoms with Crippen LogP contribution >= 0.6 is 0 Å². The van der Waals surface area contributed by atoms with Crippen molar-refractivity contribution in [1.29, 1.82) is 0 Å². The van der Waals surface area contributed by atoms with Gasteiger partial charge in [0.15, 0.2) is 0 Å². The molecule has 1 rings (SSSR count). The minimum absolute atomic E-state index is 0.194. The second kappa shape index (κ2) is 4.39. The molecule has 0 aromatic rings. The van der Waals surface area contributed by atoms with Crippen molar-refractivity contribution in [1.82, 2.24) is 9.80 Å². The summed E-state index contributed by atoms with van der Waals surface area (Å²) >= 11 is 0. The molecule has 1 aliphatic rings. The van der Waals surface area contributed by atoms with Gasteiger partial charge in [-0.05, 0) is 47.7 Å². The molecular formula is C11H22N2O2. The molecule has 1 amide bonds. The van der Waals surface area contributed by atoms with Crippen molar-refractivity contribution in [2.45, 2.75) is 45.4 Å². The van der Waals surface area contributed by atoms with Crippen LogP contribution in [0.3, 0.4) is 0 Å². The van der Waals surface area contributed by atoms with Gasteiger partial charge in [-0.25, -0.2) is 4.79 Å². The van der Waals surface area contributed by atoms with E-state index < -0.39 is 5.60 Å². The number of hydrogen-bond acceptors (Lipinski definition) is 3. The third kappa shape index (κ3) is 3.38. The number of carbonyl (C=O) groups is 1. The minimum atomic E-state index is -0.406. The molecular weight excluding hydrogens is 192 g/mol. The Bertz CT molecular complexity index is 233. The molecule has 0 aromatic carbocycles. The molecule has 1 fully saturated rings. The highest BCUT2D eigenvalue weighted by atomic mass is 16.6. The quantitative estimate of drug-likeness (QED) is 0.668. The monoisotopic (exact) mass is 214 g/mol. The molecule has 0 radical (unpaired) electrons.